The van der Waals surface area contributed by atoms with Gasteiger partial charge < -0.3 is 15.1 Å². The lowest BCUT2D eigenvalue weighted by atomic mass is 10.2. The molecule has 27 heavy (non-hydrogen) atoms. The SMILES string of the molecule is O=C(c1cnc(Nc2ccc(N3CCCC3)cc2)cn1)N1CCCCCC1. The Bertz CT molecular complexity index is 745. The van der Waals surface area contributed by atoms with Crippen LogP contribution in [0.15, 0.2) is 36.7 Å². The minimum absolute atomic E-state index is 0.00841. The summed E-state index contributed by atoms with van der Waals surface area (Å²) in [5.41, 5.74) is 2.66. The van der Waals surface area contributed by atoms with Crippen molar-refractivity contribution in [3.05, 3.63) is 42.4 Å². The molecule has 1 N–H and O–H groups in total. The van der Waals surface area contributed by atoms with E-state index in [-0.39, 0.29) is 5.91 Å². The fourth-order valence-electron chi connectivity index (χ4n) is 3.82. The lowest BCUT2D eigenvalue weighted by molar-refractivity contribution is 0.0755. The first-order valence-corrected chi connectivity index (χ1v) is 10.0. The van der Waals surface area contributed by atoms with Crippen LogP contribution in [0, 0.1) is 0 Å². The van der Waals surface area contributed by atoms with E-state index in [1.165, 1.54) is 31.4 Å². The van der Waals surface area contributed by atoms with Crippen molar-refractivity contribution in [2.75, 3.05) is 36.4 Å². The number of hydrogen-bond donors (Lipinski definition) is 1. The van der Waals surface area contributed by atoms with Crippen molar-refractivity contribution in [1.82, 2.24) is 14.9 Å². The van der Waals surface area contributed by atoms with Crippen molar-refractivity contribution in [2.45, 2.75) is 38.5 Å². The van der Waals surface area contributed by atoms with Crippen LogP contribution in [0.1, 0.15) is 49.0 Å². The highest BCUT2D eigenvalue weighted by atomic mass is 16.2. The lowest BCUT2D eigenvalue weighted by Crippen LogP contribution is -2.32. The van der Waals surface area contributed by atoms with Gasteiger partial charge in [-0.05, 0) is 49.9 Å². The molecule has 2 aromatic rings. The summed E-state index contributed by atoms with van der Waals surface area (Å²) in [6.07, 6.45) is 10.3. The highest BCUT2D eigenvalue weighted by molar-refractivity contribution is 5.92. The normalized spacial score (nSPS) is 17.6. The smallest absolute Gasteiger partial charge is 0.274 e. The van der Waals surface area contributed by atoms with Crippen LogP contribution in [0.5, 0.6) is 0 Å². The van der Waals surface area contributed by atoms with Gasteiger partial charge in [0.1, 0.15) is 11.5 Å². The fourth-order valence-corrected chi connectivity index (χ4v) is 3.82. The molecular weight excluding hydrogens is 338 g/mol. The number of rotatable bonds is 4. The van der Waals surface area contributed by atoms with Gasteiger partial charge in [0.25, 0.3) is 5.91 Å². The van der Waals surface area contributed by atoms with E-state index < -0.39 is 0 Å². The summed E-state index contributed by atoms with van der Waals surface area (Å²) >= 11 is 0. The van der Waals surface area contributed by atoms with Crippen molar-refractivity contribution in [3.63, 3.8) is 0 Å². The van der Waals surface area contributed by atoms with Crippen LogP contribution in [0.25, 0.3) is 0 Å². The second kappa shape index (κ2) is 8.37. The maximum absolute atomic E-state index is 12.6. The van der Waals surface area contributed by atoms with Crippen LogP contribution in [0.2, 0.25) is 0 Å². The van der Waals surface area contributed by atoms with Crippen LogP contribution in [0.4, 0.5) is 17.2 Å². The number of benzene rings is 1. The highest BCUT2D eigenvalue weighted by Crippen LogP contribution is 2.23. The Morgan fingerprint density at radius 2 is 1.48 bits per heavy atom. The van der Waals surface area contributed by atoms with Gasteiger partial charge in [-0.1, -0.05) is 12.8 Å². The summed E-state index contributed by atoms with van der Waals surface area (Å²) in [4.78, 5) is 25.6. The summed E-state index contributed by atoms with van der Waals surface area (Å²) in [6.45, 7) is 3.93. The molecule has 1 aromatic heterocycles. The van der Waals surface area contributed by atoms with Crippen molar-refractivity contribution in [2.24, 2.45) is 0 Å². The van der Waals surface area contributed by atoms with Gasteiger partial charge in [0.05, 0.1) is 12.4 Å². The molecule has 0 radical (unpaired) electrons. The van der Waals surface area contributed by atoms with Crippen molar-refractivity contribution < 1.29 is 4.79 Å². The maximum Gasteiger partial charge on any atom is 0.274 e. The molecule has 0 spiro atoms. The minimum atomic E-state index is -0.00841. The summed E-state index contributed by atoms with van der Waals surface area (Å²) in [5, 5.41) is 3.26. The molecule has 0 aliphatic carbocycles. The second-order valence-electron chi connectivity index (χ2n) is 7.36. The monoisotopic (exact) mass is 365 g/mol. The Balaban J connectivity index is 1.37. The summed E-state index contributed by atoms with van der Waals surface area (Å²) < 4.78 is 0. The topological polar surface area (TPSA) is 61.4 Å². The van der Waals surface area contributed by atoms with Gasteiger partial charge >= 0.3 is 0 Å². The Kier molecular flexibility index (Phi) is 5.51. The molecule has 3 heterocycles. The Hall–Kier alpha value is -2.63. The number of carbonyl (C=O) groups excluding carboxylic acids is 1. The molecule has 0 saturated carbocycles. The molecule has 1 amide bonds. The average molecular weight is 365 g/mol. The van der Waals surface area contributed by atoms with Gasteiger partial charge in [-0.2, -0.15) is 0 Å². The van der Waals surface area contributed by atoms with Crippen LogP contribution in [0.3, 0.4) is 0 Å². The summed E-state index contributed by atoms with van der Waals surface area (Å²) in [6, 6.07) is 8.40. The van der Waals surface area contributed by atoms with Crippen molar-refractivity contribution >= 4 is 23.1 Å². The lowest BCUT2D eigenvalue weighted by Gasteiger charge is -2.19. The van der Waals surface area contributed by atoms with E-state index in [0.29, 0.717) is 11.5 Å². The zero-order valence-electron chi connectivity index (χ0n) is 15.7. The molecule has 0 unspecified atom stereocenters. The third-order valence-electron chi connectivity index (χ3n) is 5.38. The molecule has 142 valence electrons. The molecule has 6 nitrogen and oxygen atoms in total. The van der Waals surface area contributed by atoms with E-state index >= 15 is 0 Å². The van der Waals surface area contributed by atoms with Crippen LogP contribution in [-0.4, -0.2) is 47.0 Å². The van der Waals surface area contributed by atoms with Gasteiger partial charge in [-0.25, -0.2) is 9.97 Å². The minimum Gasteiger partial charge on any atom is -0.372 e. The molecule has 0 bridgehead atoms. The largest absolute Gasteiger partial charge is 0.372 e. The van der Waals surface area contributed by atoms with E-state index in [0.717, 1.165) is 44.7 Å². The molecule has 2 saturated heterocycles. The van der Waals surface area contributed by atoms with Crippen LogP contribution < -0.4 is 10.2 Å². The quantitative estimate of drug-likeness (QED) is 0.892. The van der Waals surface area contributed by atoms with Crippen LogP contribution >= 0.6 is 0 Å². The second-order valence-corrected chi connectivity index (χ2v) is 7.36. The number of nitrogens with zero attached hydrogens (tertiary/aromatic N) is 4. The van der Waals surface area contributed by atoms with Gasteiger partial charge in [0.2, 0.25) is 0 Å². The first-order chi connectivity index (χ1) is 13.3. The molecule has 6 heteroatoms. The Morgan fingerprint density at radius 3 is 2.11 bits per heavy atom. The number of amides is 1. The number of hydrogen-bond acceptors (Lipinski definition) is 5. The number of nitrogens with one attached hydrogen (secondary N) is 1. The standard InChI is InChI=1S/C21H27N5O/c27-21(26-13-3-1-2-4-14-26)19-15-23-20(16-22-19)24-17-7-9-18(10-8-17)25-11-5-6-12-25/h7-10,15-16H,1-6,11-14H2,(H,23,24). The van der Waals surface area contributed by atoms with Gasteiger partial charge in [0, 0.05) is 37.6 Å². The Labute approximate surface area is 160 Å². The molecule has 1 aromatic carbocycles. The summed E-state index contributed by atoms with van der Waals surface area (Å²) in [7, 11) is 0. The van der Waals surface area contributed by atoms with E-state index in [4.69, 9.17) is 0 Å². The van der Waals surface area contributed by atoms with Crippen molar-refractivity contribution in [3.8, 4) is 0 Å². The predicted octanol–water partition coefficient (Wildman–Crippen LogP) is 3.84. The van der Waals surface area contributed by atoms with E-state index in [1.54, 1.807) is 12.4 Å². The number of likely N-dealkylation sites (tertiary alicyclic amines) is 1. The van der Waals surface area contributed by atoms with Crippen LogP contribution in [-0.2, 0) is 0 Å². The third kappa shape index (κ3) is 4.38. The molecule has 2 fully saturated rings. The number of carbonyl (C=O) groups is 1. The molecule has 4 rings (SSSR count). The molecule has 2 aliphatic heterocycles. The summed E-state index contributed by atoms with van der Waals surface area (Å²) in [5.74, 6) is 0.641. The van der Waals surface area contributed by atoms with Gasteiger partial charge in [-0.15, -0.1) is 0 Å². The van der Waals surface area contributed by atoms with Gasteiger partial charge in [-0.3, -0.25) is 4.79 Å². The fraction of sp³-hybridized carbons (Fsp3) is 0.476. The third-order valence-corrected chi connectivity index (χ3v) is 5.38. The molecular formula is C21H27N5O. The first-order valence-electron chi connectivity index (χ1n) is 10.0. The predicted molar refractivity (Wildman–Crippen MR) is 108 cm³/mol. The van der Waals surface area contributed by atoms with E-state index in [1.807, 2.05) is 4.90 Å². The van der Waals surface area contributed by atoms with Crippen molar-refractivity contribution in [1.29, 1.82) is 0 Å². The molecule has 0 atom stereocenters. The zero-order chi connectivity index (χ0) is 18.5. The zero-order valence-corrected chi connectivity index (χ0v) is 15.7. The molecule has 2 aliphatic rings. The first kappa shape index (κ1) is 17.8. The van der Waals surface area contributed by atoms with E-state index in [9.17, 15) is 4.79 Å². The highest BCUT2D eigenvalue weighted by Gasteiger charge is 2.18. The van der Waals surface area contributed by atoms with E-state index in [2.05, 4.69) is 44.5 Å². The number of aromatic nitrogens is 2. The number of anilines is 3. The van der Waals surface area contributed by atoms with Gasteiger partial charge in [0.15, 0.2) is 0 Å². The maximum atomic E-state index is 12.6. The Morgan fingerprint density at radius 1 is 0.815 bits per heavy atom. The average Bonchev–Trinajstić information content (AvgIpc) is 3.11.